The standard InChI is InChI=1S/C24H22F2N4O3/c1-4-30-13-18(14(2)29-30)20-12-17(16-7-5-6-8-19(16)28-20)23(31)27-15-9-10-21(33-24(25)26)22(11-15)32-3/h5-13,24H,4H2,1-3H3,(H,27,31). The molecule has 0 atom stereocenters. The third-order valence-electron chi connectivity index (χ3n) is 5.14. The van der Waals surface area contributed by atoms with Crippen molar-refractivity contribution in [2.45, 2.75) is 27.0 Å². The number of carbonyl (C=O) groups excluding carboxylic acids is 1. The van der Waals surface area contributed by atoms with Gasteiger partial charge in [0.15, 0.2) is 11.5 Å². The second-order valence-corrected chi connectivity index (χ2v) is 7.25. The maximum Gasteiger partial charge on any atom is 0.387 e. The van der Waals surface area contributed by atoms with Gasteiger partial charge in [0.2, 0.25) is 0 Å². The van der Waals surface area contributed by atoms with Gasteiger partial charge in [-0.25, -0.2) is 4.98 Å². The van der Waals surface area contributed by atoms with Crippen LogP contribution in [0.1, 0.15) is 23.0 Å². The Morgan fingerprint density at radius 3 is 2.64 bits per heavy atom. The molecule has 4 aromatic rings. The maximum atomic E-state index is 13.3. The van der Waals surface area contributed by atoms with Gasteiger partial charge >= 0.3 is 6.61 Å². The summed E-state index contributed by atoms with van der Waals surface area (Å²) in [6, 6.07) is 13.3. The first-order chi connectivity index (χ1) is 15.9. The zero-order chi connectivity index (χ0) is 23.5. The number of aryl methyl sites for hydroxylation is 2. The van der Waals surface area contributed by atoms with Crippen molar-refractivity contribution in [1.82, 2.24) is 14.8 Å². The molecule has 0 aliphatic rings. The Morgan fingerprint density at radius 1 is 1.15 bits per heavy atom. The summed E-state index contributed by atoms with van der Waals surface area (Å²) in [7, 11) is 1.33. The number of hydrogen-bond donors (Lipinski definition) is 1. The first-order valence-corrected chi connectivity index (χ1v) is 10.3. The Morgan fingerprint density at radius 2 is 1.94 bits per heavy atom. The number of carbonyl (C=O) groups is 1. The van der Waals surface area contributed by atoms with Gasteiger partial charge in [0.1, 0.15) is 0 Å². The van der Waals surface area contributed by atoms with Crippen molar-refractivity contribution >= 4 is 22.5 Å². The smallest absolute Gasteiger partial charge is 0.387 e. The van der Waals surface area contributed by atoms with E-state index in [9.17, 15) is 13.6 Å². The Balaban J connectivity index is 1.73. The second-order valence-electron chi connectivity index (χ2n) is 7.25. The zero-order valence-electron chi connectivity index (χ0n) is 18.3. The number of halogens is 2. The van der Waals surface area contributed by atoms with Gasteiger partial charge in [-0.1, -0.05) is 18.2 Å². The van der Waals surface area contributed by atoms with E-state index in [2.05, 4.69) is 15.2 Å². The number of pyridine rings is 1. The molecule has 0 aliphatic carbocycles. The molecular weight excluding hydrogens is 430 g/mol. The summed E-state index contributed by atoms with van der Waals surface area (Å²) < 4.78 is 36.5. The molecule has 7 nitrogen and oxygen atoms in total. The van der Waals surface area contributed by atoms with Crippen LogP contribution in [-0.4, -0.2) is 34.4 Å². The summed E-state index contributed by atoms with van der Waals surface area (Å²) in [5, 5.41) is 7.96. The van der Waals surface area contributed by atoms with E-state index in [1.54, 1.807) is 6.07 Å². The van der Waals surface area contributed by atoms with Crippen LogP contribution in [0.4, 0.5) is 14.5 Å². The van der Waals surface area contributed by atoms with Gasteiger partial charge in [0, 0.05) is 35.4 Å². The maximum absolute atomic E-state index is 13.3. The molecule has 0 saturated carbocycles. The lowest BCUT2D eigenvalue weighted by molar-refractivity contribution is -0.0512. The summed E-state index contributed by atoms with van der Waals surface area (Å²) in [4.78, 5) is 18.0. The summed E-state index contributed by atoms with van der Waals surface area (Å²) >= 11 is 0. The summed E-state index contributed by atoms with van der Waals surface area (Å²) in [5.41, 5.74) is 3.75. The molecule has 0 saturated heterocycles. The highest BCUT2D eigenvalue weighted by Crippen LogP contribution is 2.32. The molecule has 0 fully saturated rings. The molecule has 0 unspecified atom stereocenters. The van der Waals surface area contributed by atoms with Crippen molar-refractivity contribution in [3.63, 3.8) is 0 Å². The Kier molecular flexibility index (Phi) is 6.21. The molecule has 9 heteroatoms. The van der Waals surface area contributed by atoms with Crippen LogP contribution < -0.4 is 14.8 Å². The van der Waals surface area contributed by atoms with Crippen LogP contribution in [0.25, 0.3) is 22.2 Å². The highest BCUT2D eigenvalue weighted by Gasteiger charge is 2.18. The number of aromatic nitrogens is 3. The number of nitrogens with zero attached hydrogens (tertiary/aromatic N) is 3. The summed E-state index contributed by atoms with van der Waals surface area (Å²) in [5.74, 6) is -0.415. The number of anilines is 1. The molecule has 4 rings (SSSR count). The van der Waals surface area contributed by atoms with E-state index < -0.39 is 6.61 Å². The lowest BCUT2D eigenvalue weighted by Crippen LogP contribution is -2.13. The largest absolute Gasteiger partial charge is 0.493 e. The van der Waals surface area contributed by atoms with Crippen LogP contribution >= 0.6 is 0 Å². The SMILES string of the molecule is CCn1cc(-c2cc(C(=O)Nc3ccc(OC(F)F)c(OC)c3)c3ccccc3n2)c(C)n1. The third-order valence-corrected chi connectivity index (χ3v) is 5.14. The lowest BCUT2D eigenvalue weighted by atomic mass is 10.0. The molecule has 2 heterocycles. The van der Waals surface area contributed by atoms with Crippen molar-refractivity contribution in [3.8, 4) is 22.8 Å². The average molecular weight is 452 g/mol. The van der Waals surface area contributed by atoms with Gasteiger partial charge < -0.3 is 14.8 Å². The van der Waals surface area contributed by atoms with Crippen LogP contribution in [0, 0.1) is 6.92 Å². The number of rotatable bonds is 7. The van der Waals surface area contributed by atoms with E-state index >= 15 is 0 Å². The fourth-order valence-corrected chi connectivity index (χ4v) is 3.57. The highest BCUT2D eigenvalue weighted by atomic mass is 19.3. The van der Waals surface area contributed by atoms with Gasteiger partial charge in [-0.05, 0) is 38.1 Å². The van der Waals surface area contributed by atoms with E-state index in [1.165, 1.54) is 25.3 Å². The summed E-state index contributed by atoms with van der Waals surface area (Å²) in [6.45, 7) is 1.62. The first kappa shape index (κ1) is 22.2. The number of fused-ring (bicyclic) bond motifs is 1. The number of benzene rings is 2. The molecule has 0 aliphatic heterocycles. The number of methoxy groups -OCH3 is 1. The Labute approximate surface area is 189 Å². The van der Waals surface area contributed by atoms with E-state index in [4.69, 9.17) is 9.72 Å². The molecule has 2 aromatic heterocycles. The molecule has 0 radical (unpaired) electrons. The predicted molar refractivity (Wildman–Crippen MR) is 121 cm³/mol. The van der Waals surface area contributed by atoms with E-state index in [-0.39, 0.29) is 17.4 Å². The number of nitrogens with one attached hydrogen (secondary N) is 1. The first-order valence-electron chi connectivity index (χ1n) is 10.3. The van der Waals surface area contributed by atoms with Crippen molar-refractivity contribution < 1.29 is 23.0 Å². The minimum absolute atomic E-state index is 0.0796. The normalized spacial score (nSPS) is 11.1. The molecule has 1 N–H and O–H groups in total. The van der Waals surface area contributed by atoms with Gasteiger partial charge in [0.05, 0.1) is 29.6 Å². The van der Waals surface area contributed by atoms with Crippen LogP contribution in [0.5, 0.6) is 11.5 Å². The minimum atomic E-state index is -2.98. The molecule has 0 spiro atoms. The van der Waals surface area contributed by atoms with Crippen molar-refractivity contribution in [2.24, 2.45) is 0 Å². The van der Waals surface area contributed by atoms with Crippen LogP contribution in [0.3, 0.4) is 0 Å². The molecule has 2 aromatic carbocycles. The molecule has 170 valence electrons. The van der Waals surface area contributed by atoms with Gasteiger partial charge in [0.25, 0.3) is 5.91 Å². The fraction of sp³-hybridized carbons (Fsp3) is 0.208. The van der Waals surface area contributed by atoms with Crippen LogP contribution in [0.2, 0.25) is 0 Å². The van der Waals surface area contributed by atoms with Crippen molar-refractivity contribution in [3.05, 3.63) is 66.0 Å². The number of alkyl halides is 2. The monoisotopic (exact) mass is 452 g/mol. The average Bonchev–Trinajstić information content (AvgIpc) is 3.19. The van der Waals surface area contributed by atoms with Gasteiger partial charge in [-0.3, -0.25) is 9.48 Å². The zero-order valence-corrected chi connectivity index (χ0v) is 18.3. The molecule has 0 bridgehead atoms. The van der Waals surface area contributed by atoms with E-state index in [0.29, 0.717) is 27.8 Å². The Hall–Kier alpha value is -4.01. The predicted octanol–water partition coefficient (Wildman–Crippen LogP) is 5.29. The van der Waals surface area contributed by atoms with Crippen LogP contribution in [0.15, 0.2) is 54.7 Å². The molecule has 33 heavy (non-hydrogen) atoms. The minimum Gasteiger partial charge on any atom is -0.493 e. The van der Waals surface area contributed by atoms with Gasteiger partial charge in [-0.15, -0.1) is 0 Å². The number of para-hydroxylation sites is 1. The Bertz CT molecular complexity index is 1320. The topological polar surface area (TPSA) is 78.3 Å². The highest BCUT2D eigenvalue weighted by molar-refractivity contribution is 6.13. The number of ether oxygens (including phenoxy) is 2. The third kappa shape index (κ3) is 4.62. The molecule has 1 amide bonds. The fourth-order valence-electron chi connectivity index (χ4n) is 3.57. The number of amides is 1. The van der Waals surface area contributed by atoms with E-state index in [0.717, 1.165) is 17.8 Å². The quantitative estimate of drug-likeness (QED) is 0.412. The second kappa shape index (κ2) is 9.23. The lowest BCUT2D eigenvalue weighted by Gasteiger charge is -2.13. The van der Waals surface area contributed by atoms with Crippen LogP contribution in [-0.2, 0) is 6.54 Å². The van der Waals surface area contributed by atoms with E-state index in [1.807, 2.05) is 49.0 Å². The molecular formula is C24H22F2N4O3. The number of hydrogen-bond acceptors (Lipinski definition) is 5. The summed E-state index contributed by atoms with van der Waals surface area (Å²) in [6.07, 6.45) is 1.90. The van der Waals surface area contributed by atoms with Gasteiger partial charge in [-0.2, -0.15) is 13.9 Å². The van der Waals surface area contributed by atoms with Crippen molar-refractivity contribution in [2.75, 3.05) is 12.4 Å². The van der Waals surface area contributed by atoms with Crippen molar-refractivity contribution in [1.29, 1.82) is 0 Å².